The number of fused-ring (bicyclic) bond motifs is 1. The molecule has 0 unspecified atom stereocenters. The molecule has 0 aliphatic carbocycles. The van der Waals surface area contributed by atoms with Crippen molar-refractivity contribution in [3.63, 3.8) is 0 Å². The lowest BCUT2D eigenvalue weighted by molar-refractivity contribution is -0.134. The summed E-state index contributed by atoms with van der Waals surface area (Å²) in [4.78, 5) is 14.5. The van der Waals surface area contributed by atoms with Gasteiger partial charge >= 0.3 is 0 Å². The highest BCUT2D eigenvalue weighted by molar-refractivity contribution is 7.91. The number of carbonyl (C=O) groups is 1. The number of aromatic nitrogens is 3. The maximum atomic E-state index is 12.8. The maximum absolute atomic E-state index is 12.8. The molecule has 1 fully saturated rings. The van der Waals surface area contributed by atoms with E-state index in [9.17, 15) is 13.2 Å². The third-order valence-corrected chi connectivity index (χ3v) is 5.99. The minimum Gasteiger partial charge on any atom is -0.337 e. The molecule has 0 saturated carbocycles. The number of carbonyl (C=O) groups excluding carboxylic acids is 1. The van der Waals surface area contributed by atoms with E-state index in [1.165, 1.54) is 0 Å². The Morgan fingerprint density at radius 2 is 2.12 bits per heavy atom. The molecule has 2 heterocycles. The van der Waals surface area contributed by atoms with E-state index in [0.717, 1.165) is 11.0 Å². The molecule has 0 N–H and O–H groups in total. The van der Waals surface area contributed by atoms with Crippen LogP contribution in [0.15, 0.2) is 24.3 Å². The van der Waals surface area contributed by atoms with E-state index < -0.39 is 9.84 Å². The van der Waals surface area contributed by atoms with Crippen molar-refractivity contribution in [2.45, 2.75) is 32.9 Å². The fraction of sp³-hybridized carbons (Fsp3) is 0.562. The number of para-hydroxylation sites is 1. The molecule has 1 aliphatic rings. The van der Waals surface area contributed by atoms with Crippen molar-refractivity contribution in [2.24, 2.45) is 5.92 Å². The minimum absolute atomic E-state index is 0.0591. The molecule has 7 nitrogen and oxygen atoms in total. The lowest BCUT2D eigenvalue weighted by Crippen LogP contribution is -2.44. The van der Waals surface area contributed by atoms with E-state index >= 15 is 0 Å². The Morgan fingerprint density at radius 3 is 2.79 bits per heavy atom. The molecule has 0 spiro atoms. The number of rotatable bonds is 5. The third-order valence-electron chi connectivity index (χ3n) is 4.24. The van der Waals surface area contributed by atoms with Crippen LogP contribution in [0.5, 0.6) is 0 Å². The van der Waals surface area contributed by atoms with Gasteiger partial charge in [0, 0.05) is 12.6 Å². The molecular formula is C16H22N4O3S. The summed E-state index contributed by atoms with van der Waals surface area (Å²) in [5.41, 5.74) is 1.54. The van der Waals surface area contributed by atoms with E-state index in [1.807, 2.05) is 38.1 Å². The van der Waals surface area contributed by atoms with Crippen molar-refractivity contribution in [3.8, 4) is 0 Å². The van der Waals surface area contributed by atoms with Gasteiger partial charge in [-0.25, -0.2) is 13.1 Å². The van der Waals surface area contributed by atoms with Crippen LogP contribution in [-0.2, 0) is 21.2 Å². The Labute approximate surface area is 141 Å². The summed E-state index contributed by atoms with van der Waals surface area (Å²) < 4.78 is 25.1. The van der Waals surface area contributed by atoms with Gasteiger partial charge in [-0.15, -0.1) is 5.10 Å². The molecule has 1 aromatic carbocycles. The molecule has 1 saturated heterocycles. The Bertz CT molecular complexity index is 844. The third kappa shape index (κ3) is 3.58. The summed E-state index contributed by atoms with van der Waals surface area (Å²) in [5.74, 6) is 0.376. The second-order valence-electron chi connectivity index (χ2n) is 6.73. The van der Waals surface area contributed by atoms with E-state index in [2.05, 4.69) is 10.3 Å². The predicted molar refractivity (Wildman–Crippen MR) is 91.1 cm³/mol. The van der Waals surface area contributed by atoms with Gasteiger partial charge in [0.05, 0.1) is 17.0 Å². The van der Waals surface area contributed by atoms with Crippen LogP contribution in [0.4, 0.5) is 0 Å². The van der Waals surface area contributed by atoms with Crippen molar-refractivity contribution in [3.05, 3.63) is 24.3 Å². The number of hydrogen-bond acceptors (Lipinski definition) is 5. The molecule has 1 aliphatic heterocycles. The van der Waals surface area contributed by atoms with Crippen LogP contribution in [0, 0.1) is 5.92 Å². The maximum Gasteiger partial charge on any atom is 0.244 e. The first-order valence-electron chi connectivity index (χ1n) is 8.14. The largest absolute Gasteiger partial charge is 0.337 e. The lowest BCUT2D eigenvalue weighted by atomic mass is 10.1. The summed E-state index contributed by atoms with van der Waals surface area (Å²) >= 11 is 0. The SMILES string of the molecule is CC(C)CN(C(=O)Cn1nnc2ccccc21)[C@@H]1CCS(=O)(=O)C1. The van der Waals surface area contributed by atoms with Gasteiger partial charge in [-0.3, -0.25) is 4.79 Å². The summed E-state index contributed by atoms with van der Waals surface area (Å²) in [6, 6.07) is 7.23. The quantitative estimate of drug-likeness (QED) is 0.806. The predicted octanol–water partition coefficient (Wildman–Crippen LogP) is 1.10. The fourth-order valence-corrected chi connectivity index (χ4v) is 4.85. The standard InChI is InChI=1S/C16H22N4O3S/c1-12(2)9-19(13-7-8-24(22,23)11-13)16(21)10-20-15-6-4-3-5-14(15)17-18-20/h3-6,12-13H,7-11H2,1-2H3/t13-/m1/s1. The number of sulfone groups is 1. The van der Waals surface area contributed by atoms with Crippen molar-refractivity contribution in [1.82, 2.24) is 19.9 Å². The van der Waals surface area contributed by atoms with Crippen LogP contribution in [0.2, 0.25) is 0 Å². The molecule has 1 atom stereocenters. The monoisotopic (exact) mass is 350 g/mol. The van der Waals surface area contributed by atoms with Crippen LogP contribution in [0.1, 0.15) is 20.3 Å². The zero-order valence-electron chi connectivity index (χ0n) is 13.9. The Hall–Kier alpha value is -1.96. The Kier molecular flexibility index (Phi) is 4.58. The van der Waals surface area contributed by atoms with Crippen LogP contribution < -0.4 is 0 Å². The van der Waals surface area contributed by atoms with Crippen LogP contribution >= 0.6 is 0 Å². The number of hydrogen-bond donors (Lipinski definition) is 0. The molecule has 0 radical (unpaired) electrons. The van der Waals surface area contributed by atoms with Gasteiger partial charge in [-0.05, 0) is 24.5 Å². The van der Waals surface area contributed by atoms with Gasteiger partial charge in [0.2, 0.25) is 5.91 Å². The van der Waals surface area contributed by atoms with Crippen molar-refractivity contribution in [1.29, 1.82) is 0 Å². The average molecular weight is 350 g/mol. The van der Waals surface area contributed by atoms with Crippen LogP contribution in [0.3, 0.4) is 0 Å². The summed E-state index contributed by atoms with van der Waals surface area (Å²) in [6.45, 7) is 4.67. The highest BCUT2D eigenvalue weighted by atomic mass is 32.2. The van der Waals surface area contributed by atoms with Gasteiger partial charge in [-0.2, -0.15) is 0 Å². The molecule has 0 bridgehead atoms. The minimum atomic E-state index is -3.04. The van der Waals surface area contributed by atoms with Gasteiger partial charge in [0.25, 0.3) is 0 Å². The molecule has 2 aromatic rings. The molecule has 24 heavy (non-hydrogen) atoms. The first-order chi connectivity index (χ1) is 11.4. The zero-order valence-corrected chi connectivity index (χ0v) is 14.7. The van der Waals surface area contributed by atoms with Crippen molar-refractivity contribution >= 4 is 26.8 Å². The van der Waals surface area contributed by atoms with Gasteiger partial charge in [0.1, 0.15) is 12.1 Å². The van der Waals surface area contributed by atoms with E-state index in [0.29, 0.717) is 13.0 Å². The normalized spacial score (nSPS) is 19.9. The molecule has 1 amide bonds. The first kappa shape index (κ1) is 16.9. The van der Waals surface area contributed by atoms with Crippen molar-refractivity contribution in [2.75, 3.05) is 18.1 Å². The molecule has 130 valence electrons. The number of nitrogens with zero attached hydrogens (tertiary/aromatic N) is 4. The van der Waals surface area contributed by atoms with Crippen LogP contribution in [0.25, 0.3) is 11.0 Å². The van der Waals surface area contributed by atoms with E-state index in [1.54, 1.807) is 9.58 Å². The summed E-state index contributed by atoms with van der Waals surface area (Å²) in [6.07, 6.45) is 0.513. The van der Waals surface area contributed by atoms with E-state index in [-0.39, 0.29) is 35.9 Å². The van der Waals surface area contributed by atoms with E-state index in [4.69, 9.17) is 0 Å². The highest BCUT2D eigenvalue weighted by Gasteiger charge is 2.35. The summed E-state index contributed by atoms with van der Waals surface area (Å²) in [7, 11) is -3.04. The Balaban J connectivity index is 1.81. The number of amides is 1. The molecular weight excluding hydrogens is 328 g/mol. The smallest absolute Gasteiger partial charge is 0.244 e. The summed E-state index contributed by atoms with van der Waals surface area (Å²) in [5, 5.41) is 8.11. The lowest BCUT2D eigenvalue weighted by Gasteiger charge is -2.30. The Morgan fingerprint density at radius 1 is 1.38 bits per heavy atom. The van der Waals surface area contributed by atoms with Gasteiger partial charge in [-0.1, -0.05) is 31.2 Å². The van der Waals surface area contributed by atoms with Gasteiger partial charge in [0.15, 0.2) is 9.84 Å². The fourth-order valence-electron chi connectivity index (χ4n) is 3.12. The second kappa shape index (κ2) is 6.51. The zero-order chi connectivity index (χ0) is 17.3. The van der Waals surface area contributed by atoms with Crippen molar-refractivity contribution < 1.29 is 13.2 Å². The second-order valence-corrected chi connectivity index (χ2v) is 8.96. The molecule has 1 aromatic heterocycles. The average Bonchev–Trinajstić information content (AvgIpc) is 3.08. The highest BCUT2D eigenvalue weighted by Crippen LogP contribution is 2.20. The first-order valence-corrected chi connectivity index (χ1v) is 9.96. The number of benzene rings is 1. The topological polar surface area (TPSA) is 85.2 Å². The van der Waals surface area contributed by atoms with Gasteiger partial charge < -0.3 is 4.90 Å². The molecule has 3 rings (SSSR count). The van der Waals surface area contributed by atoms with Crippen LogP contribution in [-0.4, -0.2) is 58.3 Å². The molecule has 8 heteroatoms.